The van der Waals surface area contributed by atoms with Crippen molar-refractivity contribution in [1.29, 1.82) is 5.26 Å². The molecular weight excluding hydrogens is 306 g/mol. The molecule has 0 radical (unpaired) electrons. The number of rotatable bonds is 1. The summed E-state index contributed by atoms with van der Waals surface area (Å²) in [5, 5.41) is 10.2. The molecule has 5 aliphatic carbocycles. The van der Waals surface area contributed by atoms with Gasteiger partial charge in [0, 0.05) is 6.42 Å². The van der Waals surface area contributed by atoms with Gasteiger partial charge in [-0.1, -0.05) is 19.4 Å². The monoisotopic (exact) mass is 337 g/mol. The Morgan fingerprint density at radius 3 is 2.72 bits per heavy atom. The first-order valence-corrected chi connectivity index (χ1v) is 10.6. The van der Waals surface area contributed by atoms with Crippen LogP contribution in [0, 0.1) is 63.6 Å². The maximum absolute atomic E-state index is 11.9. The molecule has 0 spiro atoms. The maximum atomic E-state index is 11.9. The molecule has 0 aromatic carbocycles. The van der Waals surface area contributed by atoms with E-state index >= 15 is 0 Å². The van der Waals surface area contributed by atoms with E-state index in [1.807, 2.05) is 6.08 Å². The van der Waals surface area contributed by atoms with E-state index in [0.717, 1.165) is 48.9 Å². The molecule has 4 fully saturated rings. The maximum Gasteiger partial charge on any atom is 0.155 e. The summed E-state index contributed by atoms with van der Waals surface area (Å²) in [6, 6.07) is 2.85. The van der Waals surface area contributed by atoms with E-state index in [2.05, 4.69) is 26.8 Å². The molecule has 0 aliphatic heterocycles. The second-order valence-electron chi connectivity index (χ2n) is 10.0. The van der Waals surface area contributed by atoms with E-state index in [0.29, 0.717) is 17.6 Å². The Kier molecular flexibility index (Phi) is 3.22. The zero-order valence-electron chi connectivity index (χ0n) is 15.9. The first kappa shape index (κ1) is 16.1. The van der Waals surface area contributed by atoms with Crippen LogP contribution in [0.3, 0.4) is 0 Å². The molecular formula is C23H31NO. The van der Waals surface area contributed by atoms with E-state index < -0.39 is 0 Å². The molecule has 2 heteroatoms. The smallest absolute Gasteiger partial charge is 0.155 e. The Labute approximate surface area is 152 Å². The van der Waals surface area contributed by atoms with Crippen molar-refractivity contribution < 1.29 is 4.79 Å². The normalized spacial score (nSPS) is 56.0. The van der Waals surface area contributed by atoms with Gasteiger partial charge in [-0.2, -0.15) is 5.26 Å². The summed E-state index contributed by atoms with van der Waals surface area (Å²) in [5.41, 5.74) is 1.62. The van der Waals surface area contributed by atoms with Crippen LogP contribution in [0.25, 0.3) is 0 Å². The summed E-state index contributed by atoms with van der Waals surface area (Å²) in [6.45, 7) is 7.07. The van der Waals surface area contributed by atoms with Gasteiger partial charge in [-0.3, -0.25) is 4.79 Å². The van der Waals surface area contributed by atoms with Gasteiger partial charge in [0.25, 0.3) is 0 Å². The Morgan fingerprint density at radius 1 is 1.20 bits per heavy atom. The Hall–Kier alpha value is -1.10. The SMILES string of the molecule is CCC12CCC3C4CCC(=O)C=C4CCC3[C@@H]1C1C(C)C1[C@]2(C)C#N. The summed E-state index contributed by atoms with van der Waals surface area (Å²) < 4.78 is 0. The third-order valence-electron chi connectivity index (χ3n) is 9.81. The lowest BCUT2D eigenvalue weighted by atomic mass is 9.45. The van der Waals surface area contributed by atoms with E-state index in [-0.39, 0.29) is 10.8 Å². The van der Waals surface area contributed by atoms with Gasteiger partial charge in [-0.25, -0.2) is 0 Å². The van der Waals surface area contributed by atoms with Gasteiger partial charge >= 0.3 is 0 Å². The van der Waals surface area contributed by atoms with Crippen LogP contribution in [0.1, 0.15) is 65.7 Å². The highest BCUT2D eigenvalue weighted by Crippen LogP contribution is 2.81. The average Bonchev–Trinajstić information content (AvgIpc) is 3.22. The predicted molar refractivity (Wildman–Crippen MR) is 97.3 cm³/mol. The number of carbonyl (C=O) groups is 1. The molecule has 5 aliphatic rings. The van der Waals surface area contributed by atoms with Gasteiger partial charge in [0.2, 0.25) is 0 Å². The van der Waals surface area contributed by atoms with Crippen LogP contribution < -0.4 is 0 Å². The molecule has 5 rings (SSSR count). The highest BCUT2D eigenvalue weighted by atomic mass is 16.1. The van der Waals surface area contributed by atoms with Crippen LogP contribution in [0.4, 0.5) is 0 Å². The average molecular weight is 338 g/mol. The number of hydrogen-bond acceptors (Lipinski definition) is 2. The largest absolute Gasteiger partial charge is 0.295 e. The standard InChI is InChI=1S/C23H31NO/c1-4-23-10-9-17-16-8-6-15(25)11-14(16)5-7-18(17)21(23)19-13(2)20(19)22(23,3)12-24/h11,13,16-21H,4-10H2,1-3H3/t13?,16?,17?,18?,19?,20?,21-,22+,23?/m1/s1. The van der Waals surface area contributed by atoms with Crippen LogP contribution in [-0.4, -0.2) is 5.78 Å². The zero-order chi connectivity index (χ0) is 17.6. The van der Waals surface area contributed by atoms with Crippen molar-refractivity contribution in [3.05, 3.63) is 11.6 Å². The third-order valence-corrected chi connectivity index (χ3v) is 9.81. The number of nitrogens with zero attached hydrogens (tertiary/aromatic N) is 1. The molecule has 2 nitrogen and oxygen atoms in total. The van der Waals surface area contributed by atoms with E-state index in [1.165, 1.54) is 31.3 Å². The molecule has 4 saturated carbocycles. The first-order chi connectivity index (χ1) is 12.0. The van der Waals surface area contributed by atoms with Crippen LogP contribution in [0.15, 0.2) is 11.6 Å². The number of hydrogen-bond donors (Lipinski definition) is 0. The van der Waals surface area contributed by atoms with Gasteiger partial charge in [-0.15, -0.1) is 0 Å². The minimum Gasteiger partial charge on any atom is -0.295 e. The van der Waals surface area contributed by atoms with Gasteiger partial charge in [0.05, 0.1) is 11.5 Å². The molecule has 0 amide bonds. The van der Waals surface area contributed by atoms with Crippen molar-refractivity contribution in [1.82, 2.24) is 0 Å². The van der Waals surface area contributed by atoms with Crippen molar-refractivity contribution in [3.8, 4) is 6.07 Å². The third kappa shape index (κ3) is 1.74. The number of fused-ring (bicyclic) bond motifs is 7. The van der Waals surface area contributed by atoms with Crippen molar-refractivity contribution in [2.45, 2.75) is 65.7 Å². The van der Waals surface area contributed by atoms with Crippen LogP contribution >= 0.6 is 0 Å². The molecule has 0 saturated heterocycles. The minimum atomic E-state index is -0.111. The van der Waals surface area contributed by atoms with Crippen LogP contribution in [0.5, 0.6) is 0 Å². The molecule has 25 heavy (non-hydrogen) atoms. The lowest BCUT2D eigenvalue weighted by Gasteiger charge is -2.58. The fourth-order valence-corrected chi connectivity index (χ4v) is 8.84. The molecule has 0 bridgehead atoms. The van der Waals surface area contributed by atoms with E-state index in [9.17, 15) is 10.1 Å². The van der Waals surface area contributed by atoms with Crippen molar-refractivity contribution in [2.24, 2.45) is 52.3 Å². The highest BCUT2D eigenvalue weighted by Gasteiger charge is 2.78. The summed E-state index contributed by atoms with van der Waals surface area (Å²) in [7, 11) is 0. The predicted octanol–water partition coefficient (Wildman–Crippen LogP) is 5.15. The lowest BCUT2D eigenvalue weighted by Crippen LogP contribution is -2.52. The number of nitriles is 1. The summed E-state index contributed by atoms with van der Waals surface area (Å²) in [6.07, 6.45) is 9.98. The second-order valence-corrected chi connectivity index (χ2v) is 10.0. The first-order valence-electron chi connectivity index (χ1n) is 10.6. The number of ketones is 1. The minimum absolute atomic E-state index is 0.111. The van der Waals surface area contributed by atoms with E-state index in [4.69, 9.17) is 0 Å². The fourth-order valence-electron chi connectivity index (χ4n) is 8.84. The van der Waals surface area contributed by atoms with Crippen LogP contribution in [0.2, 0.25) is 0 Å². The van der Waals surface area contributed by atoms with Crippen molar-refractivity contribution in [2.75, 3.05) is 0 Å². The lowest BCUT2D eigenvalue weighted by molar-refractivity contribution is -0.116. The highest BCUT2D eigenvalue weighted by molar-refractivity contribution is 5.91. The summed E-state index contributed by atoms with van der Waals surface area (Å²) in [5.74, 6) is 5.58. The Morgan fingerprint density at radius 2 is 2.00 bits per heavy atom. The quantitative estimate of drug-likeness (QED) is 0.664. The molecule has 0 aromatic heterocycles. The van der Waals surface area contributed by atoms with Crippen LogP contribution in [-0.2, 0) is 4.79 Å². The number of carbonyl (C=O) groups excluding carboxylic acids is 1. The molecule has 0 heterocycles. The van der Waals surface area contributed by atoms with Crippen molar-refractivity contribution >= 4 is 5.78 Å². The topological polar surface area (TPSA) is 40.9 Å². The Balaban J connectivity index is 1.55. The zero-order valence-corrected chi connectivity index (χ0v) is 15.9. The van der Waals surface area contributed by atoms with Gasteiger partial charge in [0.1, 0.15) is 0 Å². The number of allylic oxidation sites excluding steroid dienone is 1. The van der Waals surface area contributed by atoms with Crippen molar-refractivity contribution in [3.63, 3.8) is 0 Å². The molecule has 0 aromatic rings. The van der Waals surface area contributed by atoms with E-state index in [1.54, 1.807) is 0 Å². The summed E-state index contributed by atoms with van der Waals surface area (Å²) >= 11 is 0. The molecule has 0 N–H and O–H groups in total. The van der Waals surface area contributed by atoms with Gasteiger partial charge < -0.3 is 0 Å². The molecule has 134 valence electrons. The molecule has 7 unspecified atom stereocenters. The second kappa shape index (κ2) is 4.99. The fraction of sp³-hybridized carbons (Fsp3) is 0.826. The Bertz CT molecular complexity index is 701. The summed E-state index contributed by atoms with van der Waals surface area (Å²) in [4.78, 5) is 11.9. The molecule has 9 atom stereocenters. The van der Waals surface area contributed by atoms with Gasteiger partial charge in [-0.05, 0) is 98.4 Å². The van der Waals surface area contributed by atoms with Gasteiger partial charge in [0.15, 0.2) is 5.78 Å².